The minimum Gasteiger partial charge on any atom is -0.456 e. The van der Waals surface area contributed by atoms with Crippen molar-refractivity contribution in [1.29, 1.82) is 0 Å². The van der Waals surface area contributed by atoms with E-state index >= 15 is 0 Å². The lowest BCUT2D eigenvalue weighted by Gasteiger charge is -2.14. The van der Waals surface area contributed by atoms with Gasteiger partial charge < -0.3 is 4.42 Å². The molecule has 270 valence electrons. The summed E-state index contributed by atoms with van der Waals surface area (Å²) in [7, 11) is 0. The van der Waals surface area contributed by atoms with Crippen LogP contribution in [0.15, 0.2) is 199 Å². The molecule has 58 heavy (non-hydrogen) atoms. The third-order valence-electron chi connectivity index (χ3n) is 11.5. The predicted octanol–water partition coefficient (Wildman–Crippen LogP) is 13.8. The number of hydrogen-bond acceptors (Lipinski definition) is 4. The van der Waals surface area contributed by atoms with Crippen molar-refractivity contribution in [1.82, 2.24) is 19.5 Å². The van der Waals surface area contributed by atoms with Gasteiger partial charge in [0.2, 0.25) is 5.95 Å². The van der Waals surface area contributed by atoms with Gasteiger partial charge >= 0.3 is 0 Å². The van der Waals surface area contributed by atoms with E-state index < -0.39 is 0 Å². The average molecular weight is 741 g/mol. The zero-order chi connectivity index (χ0) is 38.2. The molecule has 12 aromatic rings. The molecular weight excluding hydrogens is 709 g/mol. The fourth-order valence-electron chi connectivity index (χ4n) is 8.80. The molecule has 0 aliphatic heterocycles. The molecule has 0 aliphatic rings. The topological polar surface area (TPSA) is 56.7 Å². The summed E-state index contributed by atoms with van der Waals surface area (Å²) >= 11 is 0. The summed E-state index contributed by atoms with van der Waals surface area (Å²) in [5.74, 6) is 1.76. The maximum atomic E-state index is 6.44. The number of nitrogens with zero attached hydrogens (tertiary/aromatic N) is 4. The summed E-state index contributed by atoms with van der Waals surface area (Å²) in [6.45, 7) is 0. The van der Waals surface area contributed by atoms with Gasteiger partial charge in [0.25, 0.3) is 0 Å². The molecule has 3 heterocycles. The van der Waals surface area contributed by atoms with Gasteiger partial charge in [-0.2, -0.15) is 9.97 Å². The van der Waals surface area contributed by atoms with Crippen LogP contribution in [-0.4, -0.2) is 19.5 Å². The Bertz CT molecular complexity index is 3550. The summed E-state index contributed by atoms with van der Waals surface area (Å²) in [6.07, 6.45) is 0. The number of furan rings is 1. The number of aromatic nitrogens is 4. The van der Waals surface area contributed by atoms with Crippen molar-refractivity contribution >= 4 is 65.3 Å². The minimum atomic E-state index is 0.550. The highest BCUT2D eigenvalue weighted by molar-refractivity contribution is 6.33. The molecule has 12 rings (SSSR count). The monoisotopic (exact) mass is 740 g/mol. The Morgan fingerprint density at radius 3 is 1.59 bits per heavy atom. The SMILES string of the molecule is c1ccc(-c2ccc(-c3nc(-c4ccccc4)nc(-n4c5c(-c6ccc7c(c6)oc6ccccc67)cccc5c5c6ccccc6c6ccccc6c54)n3)cc2)cc1. The lowest BCUT2D eigenvalue weighted by atomic mass is 9.96. The Hall–Kier alpha value is -7.89. The Labute approximate surface area is 333 Å². The van der Waals surface area contributed by atoms with Crippen LogP contribution < -0.4 is 0 Å². The standard InChI is InChI=1S/C53H32N4O/c1-3-14-33(15-4-1)34-26-28-36(29-27-34)52-54-51(35-16-5-2-6-17-35)55-53(56-52)57-49-38(37-30-31-42-41-20-11-12-25-46(41)58-47(42)32-37)23-13-24-45(49)48-43-21-9-7-18-39(43)40-19-8-10-22-44(40)50(48)57/h1-32H. The molecule has 5 nitrogen and oxygen atoms in total. The van der Waals surface area contributed by atoms with Gasteiger partial charge in [-0.15, -0.1) is 0 Å². The molecule has 3 aromatic heterocycles. The third-order valence-corrected chi connectivity index (χ3v) is 11.5. The summed E-state index contributed by atoms with van der Waals surface area (Å²) in [6, 6.07) is 67.9. The van der Waals surface area contributed by atoms with Gasteiger partial charge in [0.15, 0.2) is 11.6 Å². The van der Waals surface area contributed by atoms with Gasteiger partial charge in [-0.1, -0.05) is 176 Å². The van der Waals surface area contributed by atoms with Crippen molar-refractivity contribution in [2.24, 2.45) is 0 Å². The Morgan fingerprint density at radius 1 is 0.328 bits per heavy atom. The molecular formula is C53H32N4O. The Balaban J connectivity index is 1.20. The van der Waals surface area contributed by atoms with E-state index in [1.165, 1.54) is 16.2 Å². The normalized spacial score (nSPS) is 11.8. The zero-order valence-electron chi connectivity index (χ0n) is 31.2. The first kappa shape index (κ1) is 32.4. The van der Waals surface area contributed by atoms with Gasteiger partial charge in [-0.3, -0.25) is 4.57 Å². The van der Waals surface area contributed by atoms with E-state index in [2.05, 4.69) is 162 Å². The molecule has 0 aliphatic carbocycles. The second-order valence-electron chi connectivity index (χ2n) is 14.8. The van der Waals surface area contributed by atoms with E-state index in [-0.39, 0.29) is 0 Å². The van der Waals surface area contributed by atoms with Gasteiger partial charge in [0.1, 0.15) is 11.2 Å². The van der Waals surface area contributed by atoms with Gasteiger partial charge in [-0.25, -0.2) is 4.98 Å². The lowest BCUT2D eigenvalue weighted by molar-refractivity contribution is 0.669. The average Bonchev–Trinajstić information content (AvgIpc) is 3.86. The molecule has 0 bridgehead atoms. The van der Waals surface area contributed by atoms with E-state index in [1.54, 1.807) is 0 Å². The first-order valence-corrected chi connectivity index (χ1v) is 19.5. The highest BCUT2D eigenvalue weighted by atomic mass is 16.3. The van der Waals surface area contributed by atoms with Crippen molar-refractivity contribution < 1.29 is 4.42 Å². The first-order valence-electron chi connectivity index (χ1n) is 19.5. The molecule has 0 spiro atoms. The number of rotatable bonds is 5. The van der Waals surface area contributed by atoms with Crippen LogP contribution in [0, 0.1) is 0 Å². The molecule has 0 radical (unpaired) electrons. The summed E-state index contributed by atoms with van der Waals surface area (Å²) in [4.78, 5) is 15.9. The fraction of sp³-hybridized carbons (Fsp3) is 0. The third kappa shape index (κ3) is 5.00. The predicted molar refractivity (Wildman–Crippen MR) is 238 cm³/mol. The van der Waals surface area contributed by atoms with Crippen LogP contribution in [0.4, 0.5) is 0 Å². The van der Waals surface area contributed by atoms with Crippen LogP contribution in [0.5, 0.6) is 0 Å². The maximum absolute atomic E-state index is 6.44. The summed E-state index contributed by atoms with van der Waals surface area (Å²) < 4.78 is 8.73. The van der Waals surface area contributed by atoms with E-state index in [0.717, 1.165) is 82.5 Å². The van der Waals surface area contributed by atoms with Gasteiger partial charge in [-0.05, 0) is 51.0 Å². The Kier molecular flexibility index (Phi) is 7.16. The van der Waals surface area contributed by atoms with Crippen molar-refractivity contribution in [2.75, 3.05) is 0 Å². The number of benzene rings is 9. The molecule has 0 saturated carbocycles. The molecule has 0 unspecified atom stereocenters. The molecule has 0 saturated heterocycles. The molecule has 9 aromatic carbocycles. The smallest absolute Gasteiger partial charge is 0.238 e. The Morgan fingerprint density at radius 2 is 0.845 bits per heavy atom. The van der Waals surface area contributed by atoms with E-state index in [1.807, 2.05) is 36.4 Å². The zero-order valence-corrected chi connectivity index (χ0v) is 31.2. The summed E-state index contributed by atoms with van der Waals surface area (Å²) in [5, 5.41) is 9.17. The summed E-state index contributed by atoms with van der Waals surface area (Å²) in [5.41, 5.74) is 10.0. The fourth-order valence-corrected chi connectivity index (χ4v) is 8.80. The van der Waals surface area contributed by atoms with Crippen molar-refractivity contribution in [3.8, 4) is 51.0 Å². The molecule has 0 atom stereocenters. The van der Waals surface area contributed by atoms with E-state index in [0.29, 0.717) is 17.6 Å². The number of hydrogen-bond donors (Lipinski definition) is 0. The van der Waals surface area contributed by atoms with Crippen molar-refractivity contribution in [3.05, 3.63) is 194 Å². The van der Waals surface area contributed by atoms with Gasteiger partial charge in [0.05, 0.1) is 11.0 Å². The van der Waals surface area contributed by atoms with Crippen LogP contribution in [-0.2, 0) is 0 Å². The van der Waals surface area contributed by atoms with E-state index in [9.17, 15) is 0 Å². The first-order chi connectivity index (χ1) is 28.8. The van der Waals surface area contributed by atoms with Crippen LogP contribution >= 0.6 is 0 Å². The van der Waals surface area contributed by atoms with Crippen LogP contribution in [0.2, 0.25) is 0 Å². The highest BCUT2D eigenvalue weighted by Gasteiger charge is 2.24. The molecule has 5 heteroatoms. The largest absolute Gasteiger partial charge is 0.456 e. The quantitative estimate of drug-likeness (QED) is 0.165. The molecule has 0 fully saturated rings. The second-order valence-corrected chi connectivity index (χ2v) is 14.8. The second kappa shape index (κ2) is 12.8. The number of para-hydroxylation sites is 2. The van der Waals surface area contributed by atoms with E-state index in [4.69, 9.17) is 19.4 Å². The van der Waals surface area contributed by atoms with Gasteiger partial charge in [0, 0.05) is 43.6 Å². The van der Waals surface area contributed by atoms with Crippen LogP contribution in [0.3, 0.4) is 0 Å². The van der Waals surface area contributed by atoms with Crippen molar-refractivity contribution in [3.63, 3.8) is 0 Å². The number of fused-ring (bicyclic) bond motifs is 11. The van der Waals surface area contributed by atoms with Crippen molar-refractivity contribution in [2.45, 2.75) is 0 Å². The lowest BCUT2D eigenvalue weighted by Crippen LogP contribution is -2.07. The van der Waals surface area contributed by atoms with Crippen LogP contribution in [0.25, 0.3) is 116 Å². The van der Waals surface area contributed by atoms with Crippen LogP contribution in [0.1, 0.15) is 0 Å². The highest BCUT2D eigenvalue weighted by Crippen LogP contribution is 2.45. The minimum absolute atomic E-state index is 0.550. The molecule has 0 amide bonds. The maximum Gasteiger partial charge on any atom is 0.238 e. The molecule has 0 N–H and O–H groups in total.